The van der Waals surface area contributed by atoms with Crippen LogP contribution in [0, 0.1) is 0 Å². The van der Waals surface area contributed by atoms with Gasteiger partial charge in [-0.3, -0.25) is 0 Å². The Morgan fingerprint density at radius 1 is 1.25 bits per heavy atom. The molecule has 0 saturated carbocycles. The second-order valence-corrected chi connectivity index (χ2v) is 7.65. The molecule has 0 spiro atoms. The third-order valence-electron chi connectivity index (χ3n) is 5.70. The molecule has 4 atom stereocenters. The minimum Gasteiger partial charge on any atom is -0.450 e. The normalized spacial score (nSPS) is 42.0. The van der Waals surface area contributed by atoms with E-state index in [-0.39, 0.29) is 23.8 Å². The average Bonchev–Trinajstić information content (AvgIpc) is 3.06. The van der Waals surface area contributed by atoms with Crippen LogP contribution in [0.4, 0.5) is 0 Å². The Bertz CT molecular complexity index is 628. The summed E-state index contributed by atoms with van der Waals surface area (Å²) in [5, 5.41) is 10.5. The Kier molecular flexibility index (Phi) is 4.71. The Balaban J connectivity index is 1.85. The summed E-state index contributed by atoms with van der Waals surface area (Å²) < 4.78 is 11.3. The lowest BCUT2D eigenvalue weighted by atomic mass is 9.92. The van der Waals surface area contributed by atoms with Crippen LogP contribution in [-0.2, 0) is 14.3 Å². The highest BCUT2D eigenvalue weighted by molar-refractivity contribution is 5.92. The number of fused-ring (bicyclic) bond motifs is 2. The van der Waals surface area contributed by atoms with E-state index < -0.39 is 6.10 Å². The smallest absolute Gasteiger partial charge is 0.334 e. The number of rotatable bonds is 0. The minimum absolute atomic E-state index is 0.107. The van der Waals surface area contributed by atoms with Crippen LogP contribution in [0.5, 0.6) is 0 Å². The van der Waals surface area contributed by atoms with Crippen molar-refractivity contribution in [3.05, 3.63) is 34.4 Å². The maximum absolute atomic E-state index is 11.9. The standard InChI is InChI=1S/C20H28O4/c1-12-6-5-9-20(4)18(24-20)11-16(21)13(2)10-17-15(8-7-12)14(3)19(22)23-17/h6,10,16-18,21H,5,7-9,11H2,1-4H3/b12-6+,13-10+/t16-,17-,18-,20-/m0/s1. The molecule has 24 heavy (non-hydrogen) atoms. The van der Waals surface area contributed by atoms with Crippen molar-refractivity contribution in [2.45, 2.75) is 83.7 Å². The van der Waals surface area contributed by atoms with Gasteiger partial charge in [-0.15, -0.1) is 0 Å². The van der Waals surface area contributed by atoms with E-state index in [9.17, 15) is 9.90 Å². The highest BCUT2D eigenvalue weighted by Crippen LogP contribution is 2.44. The summed E-state index contributed by atoms with van der Waals surface area (Å²) in [6.07, 6.45) is 7.70. The summed E-state index contributed by atoms with van der Waals surface area (Å²) in [4.78, 5) is 11.9. The third kappa shape index (κ3) is 3.50. The van der Waals surface area contributed by atoms with E-state index in [0.29, 0.717) is 6.42 Å². The average molecular weight is 332 g/mol. The van der Waals surface area contributed by atoms with Crippen molar-refractivity contribution in [2.24, 2.45) is 0 Å². The van der Waals surface area contributed by atoms with Gasteiger partial charge in [-0.25, -0.2) is 4.79 Å². The molecular formula is C20H28O4. The summed E-state index contributed by atoms with van der Waals surface area (Å²) in [5.41, 5.74) is 3.85. The summed E-state index contributed by atoms with van der Waals surface area (Å²) in [6.45, 7) is 8.01. The molecule has 1 fully saturated rings. The molecule has 3 aliphatic rings. The molecule has 3 rings (SSSR count). The summed E-state index contributed by atoms with van der Waals surface area (Å²) >= 11 is 0. The maximum Gasteiger partial charge on any atom is 0.334 e. The molecule has 0 amide bonds. The quantitative estimate of drug-likeness (QED) is 0.418. The van der Waals surface area contributed by atoms with Crippen molar-refractivity contribution in [1.82, 2.24) is 0 Å². The molecule has 0 aromatic rings. The van der Waals surface area contributed by atoms with Gasteiger partial charge in [0.05, 0.1) is 17.8 Å². The summed E-state index contributed by atoms with van der Waals surface area (Å²) in [5.74, 6) is -0.238. The van der Waals surface area contributed by atoms with E-state index in [1.165, 1.54) is 5.57 Å². The zero-order valence-electron chi connectivity index (χ0n) is 15.1. The fourth-order valence-electron chi connectivity index (χ4n) is 3.67. The van der Waals surface area contributed by atoms with Crippen molar-refractivity contribution >= 4 is 5.97 Å². The van der Waals surface area contributed by atoms with Gasteiger partial charge in [-0.2, -0.15) is 0 Å². The van der Waals surface area contributed by atoms with Crippen LogP contribution in [0.2, 0.25) is 0 Å². The van der Waals surface area contributed by atoms with Crippen LogP contribution >= 0.6 is 0 Å². The molecule has 2 heterocycles. The largest absolute Gasteiger partial charge is 0.450 e. The van der Waals surface area contributed by atoms with Gasteiger partial charge < -0.3 is 14.6 Å². The molecule has 4 heteroatoms. The molecule has 0 unspecified atom stereocenters. The predicted octanol–water partition coefficient (Wildman–Crippen LogP) is 3.60. The SMILES string of the molecule is CC1=C2CC/C(C)=C/CC[C@]3(C)O[C@H]3C[C@H](O)/C(C)=C/[C@@H]2OC1=O. The van der Waals surface area contributed by atoms with Crippen LogP contribution < -0.4 is 0 Å². The summed E-state index contributed by atoms with van der Waals surface area (Å²) in [7, 11) is 0. The number of aliphatic hydroxyl groups is 1. The van der Waals surface area contributed by atoms with Crippen LogP contribution in [0.1, 0.15) is 59.8 Å². The number of carbonyl (C=O) groups is 1. The highest BCUT2D eigenvalue weighted by atomic mass is 16.6. The fourth-order valence-corrected chi connectivity index (χ4v) is 3.67. The highest BCUT2D eigenvalue weighted by Gasteiger charge is 2.51. The van der Waals surface area contributed by atoms with Crippen molar-refractivity contribution in [3.8, 4) is 0 Å². The molecule has 0 radical (unpaired) electrons. The molecule has 4 nitrogen and oxygen atoms in total. The van der Waals surface area contributed by atoms with E-state index in [2.05, 4.69) is 19.9 Å². The van der Waals surface area contributed by atoms with E-state index in [4.69, 9.17) is 9.47 Å². The van der Waals surface area contributed by atoms with E-state index in [1.54, 1.807) is 0 Å². The third-order valence-corrected chi connectivity index (χ3v) is 5.70. The van der Waals surface area contributed by atoms with Crippen LogP contribution in [0.3, 0.4) is 0 Å². The van der Waals surface area contributed by atoms with Gasteiger partial charge in [0.2, 0.25) is 0 Å². The van der Waals surface area contributed by atoms with Gasteiger partial charge in [-0.1, -0.05) is 11.6 Å². The molecular weight excluding hydrogens is 304 g/mol. The molecule has 0 bridgehead atoms. The number of hydrogen-bond acceptors (Lipinski definition) is 4. The Hall–Kier alpha value is -1.39. The van der Waals surface area contributed by atoms with Crippen molar-refractivity contribution in [1.29, 1.82) is 0 Å². The van der Waals surface area contributed by atoms with Gasteiger partial charge in [0.25, 0.3) is 0 Å². The Labute approximate surface area is 144 Å². The molecule has 1 aliphatic carbocycles. The molecule has 0 aromatic carbocycles. The summed E-state index contributed by atoms with van der Waals surface area (Å²) in [6, 6.07) is 0. The number of allylic oxidation sites excluding steroid dienone is 2. The number of epoxide rings is 1. The molecule has 1 N–H and O–H groups in total. The lowest BCUT2D eigenvalue weighted by molar-refractivity contribution is -0.138. The molecule has 2 aliphatic heterocycles. The molecule has 1 saturated heterocycles. The predicted molar refractivity (Wildman–Crippen MR) is 92.5 cm³/mol. The maximum atomic E-state index is 11.9. The first-order chi connectivity index (χ1) is 11.3. The second-order valence-electron chi connectivity index (χ2n) is 7.65. The zero-order valence-corrected chi connectivity index (χ0v) is 15.1. The number of aliphatic hydroxyl groups excluding tert-OH is 1. The molecule has 132 valence electrons. The van der Waals surface area contributed by atoms with E-state index in [1.807, 2.05) is 19.9 Å². The van der Waals surface area contributed by atoms with Gasteiger partial charge in [-0.05, 0) is 70.6 Å². The van der Waals surface area contributed by atoms with Crippen molar-refractivity contribution in [3.63, 3.8) is 0 Å². The first-order valence-corrected chi connectivity index (χ1v) is 8.90. The number of carbonyl (C=O) groups excluding carboxylic acids is 1. The Morgan fingerprint density at radius 3 is 2.75 bits per heavy atom. The van der Waals surface area contributed by atoms with Crippen molar-refractivity contribution < 1.29 is 19.4 Å². The monoisotopic (exact) mass is 332 g/mol. The zero-order chi connectivity index (χ0) is 17.5. The lowest BCUT2D eigenvalue weighted by Crippen LogP contribution is -2.19. The lowest BCUT2D eigenvalue weighted by Gasteiger charge is -2.16. The topological polar surface area (TPSA) is 59.1 Å². The van der Waals surface area contributed by atoms with Gasteiger partial charge in [0.15, 0.2) is 0 Å². The number of esters is 1. The van der Waals surface area contributed by atoms with E-state index in [0.717, 1.165) is 42.4 Å². The van der Waals surface area contributed by atoms with Gasteiger partial charge >= 0.3 is 5.97 Å². The van der Waals surface area contributed by atoms with Gasteiger partial charge in [0, 0.05) is 12.0 Å². The number of ether oxygens (including phenoxy) is 2. The van der Waals surface area contributed by atoms with Crippen molar-refractivity contribution in [2.75, 3.05) is 0 Å². The first-order valence-electron chi connectivity index (χ1n) is 8.90. The van der Waals surface area contributed by atoms with E-state index >= 15 is 0 Å². The molecule has 0 aromatic heterocycles. The van der Waals surface area contributed by atoms with Gasteiger partial charge in [0.1, 0.15) is 6.10 Å². The second kappa shape index (κ2) is 6.49. The van der Waals surface area contributed by atoms with Crippen LogP contribution in [-0.4, -0.2) is 35.0 Å². The fraction of sp³-hybridized carbons (Fsp3) is 0.650. The Morgan fingerprint density at radius 2 is 2.00 bits per heavy atom. The number of hydrogen-bond donors (Lipinski definition) is 1. The minimum atomic E-state index is -0.557. The first kappa shape index (κ1) is 17.4. The van der Waals surface area contributed by atoms with Crippen LogP contribution in [0.15, 0.2) is 34.4 Å². The van der Waals surface area contributed by atoms with Crippen LogP contribution in [0.25, 0.3) is 0 Å².